The smallest absolute Gasteiger partial charge is 0.251 e. The van der Waals surface area contributed by atoms with E-state index in [1.54, 1.807) is 43.5 Å². The van der Waals surface area contributed by atoms with Gasteiger partial charge in [-0.05, 0) is 48.9 Å². The molecule has 0 atom stereocenters. The van der Waals surface area contributed by atoms with Crippen LogP contribution in [0, 0.1) is 6.92 Å². The summed E-state index contributed by atoms with van der Waals surface area (Å²) in [5.41, 5.74) is 2.00. The molecule has 0 bridgehead atoms. The SMILES string of the molecule is COc1cc(C(=O)NCCNC(=O)c2ccc(Cl)cc2)ccc1C. The molecule has 2 rings (SSSR count). The van der Waals surface area contributed by atoms with E-state index in [0.717, 1.165) is 5.56 Å². The maximum Gasteiger partial charge on any atom is 0.251 e. The van der Waals surface area contributed by atoms with Crippen LogP contribution >= 0.6 is 11.6 Å². The van der Waals surface area contributed by atoms with Crippen molar-refractivity contribution in [2.45, 2.75) is 6.92 Å². The van der Waals surface area contributed by atoms with Crippen LogP contribution in [0.5, 0.6) is 5.75 Å². The standard InChI is InChI=1S/C18H19ClN2O3/c1-12-3-4-14(11-16(12)24-2)18(23)21-10-9-20-17(22)13-5-7-15(19)8-6-13/h3-8,11H,9-10H2,1-2H3,(H,20,22)(H,21,23). The first kappa shape index (κ1) is 17.8. The minimum atomic E-state index is -0.214. The second-order valence-corrected chi connectivity index (χ2v) is 5.64. The fraction of sp³-hybridized carbons (Fsp3) is 0.222. The zero-order valence-corrected chi connectivity index (χ0v) is 14.3. The number of benzene rings is 2. The Labute approximate surface area is 146 Å². The van der Waals surface area contributed by atoms with Crippen molar-refractivity contribution >= 4 is 23.4 Å². The number of amides is 2. The number of hydrogen-bond donors (Lipinski definition) is 2. The number of carbonyl (C=O) groups excluding carboxylic acids is 2. The van der Waals surface area contributed by atoms with Crippen LogP contribution < -0.4 is 15.4 Å². The number of rotatable bonds is 6. The summed E-state index contributed by atoms with van der Waals surface area (Å²) in [4.78, 5) is 24.0. The molecule has 6 heteroatoms. The van der Waals surface area contributed by atoms with Gasteiger partial charge in [0.2, 0.25) is 0 Å². The van der Waals surface area contributed by atoms with Gasteiger partial charge in [0.1, 0.15) is 5.75 Å². The number of halogens is 1. The third-order valence-electron chi connectivity index (χ3n) is 3.47. The van der Waals surface area contributed by atoms with E-state index in [4.69, 9.17) is 16.3 Å². The highest BCUT2D eigenvalue weighted by Crippen LogP contribution is 2.18. The Hall–Kier alpha value is -2.53. The molecule has 0 aliphatic rings. The van der Waals surface area contributed by atoms with Crippen molar-refractivity contribution in [3.8, 4) is 5.75 Å². The lowest BCUT2D eigenvalue weighted by Crippen LogP contribution is -2.34. The Balaban J connectivity index is 1.80. The minimum absolute atomic E-state index is 0.210. The largest absolute Gasteiger partial charge is 0.496 e. The molecule has 0 spiro atoms. The molecule has 0 radical (unpaired) electrons. The van der Waals surface area contributed by atoms with E-state index in [9.17, 15) is 9.59 Å². The van der Waals surface area contributed by atoms with Gasteiger partial charge in [-0.15, -0.1) is 0 Å². The Kier molecular flexibility index (Phi) is 6.21. The lowest BCUT2D eigenvalue weighted by molar-refractivity contribution is 0.0927. The minimum Gasteiger partial charge on any atom is -0.496 e. The zero-order chi connectivity index (χ0) is 17.5. The van der Waals surface area contributed by atoms with Crippen LogP contribution in [0.4, 0.5) is 0 Å². The van der Waals surface area contributed by atoms with Gasteiger partial charge >= 0.3 is 0 Å². The molecule has 5 nitrogen and oxygen atoms in total. The summed E-state index contributed by atoms with van der Waals surface area (Å²) in [6.07, 6.45) is 0. The molecule has 0 heterocycles. The van der Waals surface area contributed by atoms with Crippen molar-refractivity contribution in [2.24, 2.45) is 0 Å². The van der Waals surface area contributed by atoms with E-state index in [2.05, 4.69) is 10.6 Å². The molecule has 0 aliphatic carbocycles. The van der Waals surface area contributed by atoms with Crippen LogP contribution in [-0.4, -0.2) is 32.0 Å². The highest BCUT2D eigenvalue weighted by Gasteiger charge is 2.09. The van der Waals surface area contributed by atoms with E-state index in [1.807, 2.05) is 13.0 Å². The highest BCUT2D eigenvalue weighted by atomic mass is 35.5. The molecule has 24 heavy (non-hydrogen) atoms. The maximum absolute atomic E-state index is 12.1. The fourth-order valence-corrected chi connectivity index (χ4v) is 2.24. The Bertz CT molecular complexity index is 730. The van der Waals surface area contributed by atoms with Crippen molar-refractivity contribution in [2.75, 3.05) is 20.2 Å². The van der Waals surface area contributed by atoms with E-state index >= 15 is 0 Å². The monoisotopic (exact) mass is 346 g/mol. The summed E-state index contributed by atoms with van der Waals surface area (Å²) in [6.45, 7) is 2.57. The molecular weight excluding hydrogens is 328 g/mol. The predicted molar refractivity (Wildman–Crippen MR) is 93.8 cm³/mol. The first-order valence-corrected chi connectivity index (χ1v) is 7.85. The molecule has 2 aromatic rings. The van der Waals surface area contributed by atoms with Gasteiger partial charge in [-0.3, -0.25) is 9.59 Å². The van der Waals surface area contributed by atoms with Crippen molar-refractivity contribution in [3.05, 3.63) is 64.2 Å². The summed E-state index contributed by atoms with van der Waals surface area (Å²) in [7, 11) is 1.57. The number of aryl methyl sites for hydroxylation is 1. The van der Waals surface area contributed by atoms with Crippen molar-refractivity contribution in [1.29, 1.82) is 0 Å². The molecule has 0 saturated carbocycles. The lowest BCUT2D eigenvalue weighted by Gasteiger charge is -2.09. The summed E-state index contributed by atoms with van der Waals surface area (Å²) in [5.74, 6) is 0.241. The van der Waals surface area contributed by atoms with Crippen LogP contribution in [0.25, 0.3) is 0 Å². The summed E-state index contributed by atoms with van der Waals surface area (Å²) >= 11 is 5.78. The lowest BCUT2D eigenvalue weighted by atomic mass is 10.1. The summed E-state index contributed by atoms with van der Waals surface area (Å²) in [5, 5.41) is 6.07. The topological polar surface area (TPSA) is 67.4 Å². The van der Waals surface area contributed by atoms with Gasteiger partial charge in [-0.2, -0.15) is 0 Å². The second kappa shape index (κ2) is 8.36. The van der Waals surface area contributed by atoms with E-state index in [1.165, 1.54) is 0 Å². The van der Waals surface area contributed by atoms with Crippen LogP contribution in [0.3, 0.4) is 0 Å². The fourth-order valence-electron chi connectivity index (χ4n) is 2.12. The summed E-state index contributed by atoms with van der Waals surface area (Å²) < 4.78 is 5.20. The Morgan fingerprint density at radius 2 is 1.50 bits per heavy atom. The van der Waals surface area contributed by atoms with Gasteiger partial charge in [0, 0.05) is 29.2 Å². The molecule has 0 unspecified atom stereocenters. The molecule has 2 N–H and O–H groups in total. The van der Waals surface area contributed by atoms with Crippen LogP contribution in [0.2, 0.25) is 5.02 Å². The molecule has 2 aromatic carbocycles. The average Bonchev–Trinajstić information content (AvgIpc) is 2.59. The normalized spacial score (nSPS) is 10.1. The van der Waals surface area contributed by atoms with Crippen LogP contribution in [-0.2, 0) is 0 Å². The molecular formula is C18H19ClN2O3. The molecule has 0 aliphatic heterocycles. The van der Waals surface area contributed by atoms with Crippen molar-refractivity contribution in [3.63, 3.8) is 0 Å². The summed E-state index contributed by atoms with van der Waals surface area (Å²) in [6, 6.07) is 11.9. The number of methoxy groups -OCH3 is 1. The number of hydrogen-bond acceptors (Lipinski definition) is 3. The average molecular weight is 347 g/mol. The van der Waals surface area contributed by atoms with Crippen molar-refractivity contribution < 1.29 is 14.3 Å². The van der Waals surface area contributed by atoms with E-state index < -0.39 is 0 Å². The van der Waals surface area contributed by atoms with E-state index in [-0.39, 0.29) is 11.8 Å². The first-order valence-electron chi connectivity index (χ1n) is 7.48. The van der Waals surface area contributed by atoms with Gasteiger partial charge in [-0.1, -0.05) is 17.7 Å². The highest BCUT2D eigenvalue weighted by molar-refractivity contribution is 6.30. The van der Waals surface area contributed by atoms with Crippen LogP contribution in [0.1, 0.15) is 26.3 Å². The Morgan fingerprint density at radius 1 is 0.958 bits per heavy atom. The molecule has 0 saturated heterocycles. The van der Waals surface area contributed by atoms with Crippen molar-refractivity contribution in [1.82, 2.24) is 10.6 Å². The third kappa shape index (κ3) is 4.73. The second-order valence-electron chi connectivity index (χ2n) is 5.20. The quantitative estimate of drug-likeness (QED) is 0.790. The molecule has 126 valence electrons. The van der Waals surface area contributed by atoms with Gasteiger partial charge in [0.15, 0.2) is 0 Å². The van der Waals surface area contributed by atoms with Crippen LogP contribution in [0.15, 0.2) is 42.5 Å². The number of carbonyl (C=O) groups is 2. The molecule has 0 aromatic heterocycles. The van der Waals surface area contributed by atoms with E-state index in [0.29, 0.717) is 35.0 Å². The van der Waals surface area contributed by atoms with Gasteiger partial charge in [-0.25, -0.2) is 0 Å². The maximum atomic E-state index is 12.1. The molecule has 0 fully saturated rings. The third-order valence-corrected chi connectivity index (χ3v) is 3.72. The first-order chi connectivity index (χ1) is 11.5. The van der Waals surface area contributed by atoms with Gasteiger partial charge in [0.25, 0.3) is 11.8 Å². The number of nitrogens with one attached hydrogen (secondary N) is 2. The van der Waals surface area contributed by atoms with Gasteiger partial charge < -0.3 is 15.4 Å². The number of ether oxygens (including phenoxy) is 1. The zero-order valence-electron chi connectivity index (χ0n) is 13.6. The Morgan fingerprint density at radius 3 is 2.08 bits per heavy atom. The molecule has 2 amide bonds. The predicted octanol–water partition coefficient (Wildman–Crippen LogP) is 2.82. The van der Waals surface area contributed by atoms with Gasteiger partial charge in [0.05, 0.1) is 7.11 Å².